The maximum atomic E-state index is 13.3. The van der Waals surface area contributed by atoms with E-state index in [2.05, 4.69) is 79.4 Å². The van der Waals surface area contributed by atoms with E-state index in [0.717, 1.165) is 32.1 Å². The van der Waals surface area contributed by atoms with Crippen LogP contribution in [0, 0.1) is 5.82 Å². The second kappa shape index (κ2) is 8.75. The van der Waals surface area contributed by atoms with Crippen molar-refractivity contribution in [2.45, 2.75) is 55.6 Å². The van der Waals surface area contributed by atoms with Gasteiger partial charge in [0.25, 0.3) is 0 Å². The average molecular weight is 509 g/mol. The highest BCUT2D eigenvalue weighted by Crippen LogP contribution is 2.64. The molecule has 7 rings (SSSR count). The van der Waals surface area contributed by atoms with Gasteiger partial charge in [-0.3, -0.25) is 0 Å². The zero-order valence-electron chi connectivity index (χ0n) is 20.5. The monoisotopic (exact) mass is 508 g/mol. The zero-order valence-corrected chi connectivity index (χ0v) is 22.1. The molecule has 0 spiro atoms. The number of benzene rings is 3. The van der Waals surface area contributed by atoms with Gasteiger partial charge < -0.3 is 0 Å². The zero-order chi connectivity index (χ0) is 24.3. The first kappa shape index (κ1) is 22.6. The van der Waals surface area contributed by atoms with E-state index < -0.39 is 0 Å². The van der Waals surface area contributed by atoms with Gasteiger partial charge in [0.05, 0.1) is 0 Å². The van der Waals surface area contributed by atoms with Gasteiger partial charge in [-0.15, -0.1) is 23.1 Å². The Labute approximate surface area is 221 Å². The average Bonchev–Trinajstić information content (AvgIpc) is 3.44. The van der Waals surface area contributed by atoms with Crippen LogP contribution >= 0.6 is 23.1 Å². The molecule has 36 heavy (non-hydrogen) atoms. The van der Waals surface area contributed by atoms with E-state index in [-0.39, 0.29) is 10.6 Å². The number of rotatable bonds is 6. The third kappa shape index (κ3) is 3.88. The molecule has 3 atom stereocenters. The first-order chi connectivity index (χ1) is 17.6. The van der Waals surface area contributed by atoms with Gasteiger partial charge in [-0.05, 0) is 96.5 Å². The Hall–Kier alpha value is -2.62. The lowest BCUT2D eigenvalue weighted by atomic mass is 9.61. The van der Waals surface area contributed by atoms with Crippen LogP contribution in [-0.2, 0) is 19.3 Å². The first-order valence-corrected chi connectivity index (χ1v) is 14.6. The fourth-order valence-electron chi connectivity index (χ4n) is 6.41. The molecule has 3 heteroatoms. The topological polar surface area (TPSA) is 0 Å². The Balaban J connectivity index is 1.10. The van der Waals surface area contributed by atoms with E-state index in [9.17, 15) is 4.39 Å². The summed E-state index contributed by atoms with van der Waals surface area (Å²) in [6.45, 7) is 2.42. The minimum Gasteiger partial charge on any atom is -0.207 e. The first-order valence-electron chi connectivity index (χ1n) is 13.0. The van der Waals surface area contributed by atoms with Crippen LogP contribution in [0.4, 0.5) is 4.39 Å². The quantitative estimate of drug-likeness (QED) is 0.250. The minimum atomic E-state index is -0.153. The van der Waals surface area contributed by atoms with Crippen LogP contribution in [0.25, 0.3) is 10.1 Å². The summed E-state index contributed by atoms with van der Waals surface area (Å²) in [5.41, 5.74) is 7.43. The number of thiophene rings is 1. The van der Waals surface area contributed by atoms with Crippen molar-refractivity contribution in [3.8, 4) is 0 Å². The van der Waals surface area contributed by atoms with Gasteiger partial charge in [0.15, 0.2) is 0 Å². The number of hydrogen-bond donors (Lipinski definition) is 0. The maximum absolute atomic E-state index is 13.3. The van der Waals surface area contributed by atoms with Gasteiger partial charge in [-0.1, -0.05) is 60.7 Å². The van der Waals surface area contributed by atoms with Crippen LogP contribution in [0.3, 0.4) is 0 Å². The number of aryl methyl sites for hydroxylation is 3. The number of fused-ring (bicyclic) bond motifs is 7. The normalized spacial score (nSPS) is 23.9. The molecule has 4 aromatic rings. The summed E-state index contributed by atoms with van der Waals surface area (Å²) in [6.07, 6.45) is 10.4. The van der Waals surface area contributed by atoms with Crippen molar-refractivity contribution >= 4 is 33.2 Å². The lowest BCUT2D eigenvalue weighted by Gasteiger charge is -2.42. The molecule has 2 heterocycles. The Bertz CT molecular complexity index is 1510. The standard InChI is InChI=1S/C33H29FS2/c1-33(18-17-22-7-10-23(34)11-8-22)20-28-30(36-33)16-14-26-31-25(32(26)28)13-15-29-27(31)19-24(35-29)12-9-21-5-3-2-4-6-21/h2-8,10-11,13-16,19,26,32H,9,12,17-18,20H2,1H3. The molecule has 0 radical (unpaired) electrons. The van der Waals surface area contributed by atoms with Crippen molar-refractivity contribution in [1.82, 2.24) is 0 Å². The number of allylic oxidation sites excluding steroid dienone is 3. The van der Waals surface area contributed by atoms with Crippen molar-refractivity contribution in [2.24, 2.45) is 0 Å². The van der Waals surface area contributed by atoms with Gasteiger partial charge in [0, 0.05) is 31.1 Å². The lowest BCUT2D eigenvalue weighted by Crippen LogP contribution is -2.28. The summed E-state index contributed by atoms with van der Waals surface area (Å²) in [7, 11) is 0. The molecular weight excluding hydrogens is 479 g/mol. The number of thioether (sulfide) groups is 1. The lowest BCUT2D eigenvalue weighted by molar-refractivity contribution is 0.532. The second-order valence-electron chi connectivity index (χ2n) is 10.8. The van der Waals surface area contributed by atoms with E-state index in [1.807, 2.05) is 23.5 Å². The van der Waals surface area contributed by atoms with Crippen molar-refractivity contribution in [3.05, 3.63) is 128 Å². The predicted octanol–water partition coefficient (Wildman–Crippen LogP) is 9.36. The van der Waals surface area contributed by atoms with E-state index in [0.29, 0.717) is 11.8 Å². The van der Waals surface area contributed by atoms with Crippen LogP contribution in [0.5, 0.6) is 0 Å². The summed E-state index contributed by atoms with van der Waals surface area (Å²) >= 11 is 4.04. The summed E-state index contributed by atoms with van der Waals surface area (Å²) < 4.78 is 15.0. The fourth-order valence-corrected chi connectivity index (χ4v) is 8.93. The molecule has 0 amide bonds. The fraction of sp³-hybridized carbons (Fsp3) is 0.273. The second-order valence-corrected chi connectivity index (χ2v) is 13.6. The molecule has 180 valence electrons. The number of hydrogen-bond acceptors (Lipinski definition) is 2. The summed E-state index contributed by atoms with van der Waals surface area (Å²) in [4.78, 5) is 2.99. The Morgan fingerprint density at radius 3 is 2.56 bits per heavy atom. The van der Waals surface area contributed by atoms with Crippen molar-refractivity contribution in [3.63, 3.8) is 0 Å². The van der Waals surface area contributed by atoms with E-state index in [4.69, 9.17) is 0 Å². The molecule has 0 fully saturated rings. The SMILES string of the molecule is CC1(CCc2ccc(F)cc2)CC2=C(C=CC3c4c(ccc5sc(CCc6ccccc6)cc45)C23)S1. The molecule has 0 saturated carbocycles. The molecule has 0 saturated heterocycles. The smallest absolute Gasteiger partial charge is 0.123 e. The molecule has 0 bridgehead atoms. The van der Waals surface area contributed by atoms with Gasteiger partial charge in [0.2, 0.25) is 0 Å². The summed E-state index contributed by atoms with van der Waals surface area (Å²) in [6, 6.07) is 25.1. The van der Waals surface area contributed by atoms with Crippen molar-refractivity contribution < 1.29 is 4.39 Å². The van der Waals surface area contributed by atoms with Crippen LogP contribution in [0.2, 0.25) is 0 Å². The molecule has 2 aliphatic carbocycles. The minimum absolute atomic E-state index is 0.153. The van der Waals surface area contributed by atoms with Crippen molar-refractivity contribution in [1.29, 1.82) is 0 Å². The van der Waals surface area contributed by atoms with Gasteiger partial charge in [0.1, 0.15) is 5.82 Å². The molecule has 1 aromatic heterocycles. The largest absolute Gasteiger partial charge is 0.207 e. The summed E-state index contributed by atoms with van der Waals surface area (Å²) in [5, 5.41) is 1.49. The van der Waals surface area contributed by atoms with Crippen LogP contribution in [0.15, 0.2) is 95.4 Å². The highest BCUT2D eigenvalue weighted by molar-refractivity contribution is 8.04. The molecule has 3 aromatic carbocycles. The molecule has 0 nitrogen and oxygen atoms in total. The number of halogens is 1. The Morgan fingerprint density at radius 1 is 0.917 bits per heavy atom. The highest BCUT2D eigenvalue weighted by atomic mass is 32.2. The van der Waals surface area contributed by atoms with Gasteiger partial charge in [-0.25, -0.2) is 4.39 Å². The van der Waals surface area contributed by atoms with E-state index in [1.54, 1.807) is 28.8 Å². The maximum Gasteiger partial charge on any atom is 0.123 e. The van der Waals surface area contributed by atoms with E-state index >= 15 is 0 Å². The third-order valence-corrected chi connectivity index (χ3v) is 10.9. The molecule has 0 N–H and O–H groups in total. The molecule has 3 unspecified atom stereocenters. The predicted molar refractivity (Wildman–Crippen MR) is 153 cm³/mol. The van der Waals surface area contributed by atoms with Crippen LogP contribution < -0.4 is 0 Å². The molecule has 3 aliphatic rings. The Kier molecular flexibility index (Phi) is 5.48. The summed E-state index contributed by atoms with van der Waals surface area (Å²) in [5.74, 6) is 0.927. The Morgan fingerprint density at radius 2 is 1.72 bits per heavy atom. The van der Waals surface area contributed by atoms with Gasteiger partial charge >= 0.3 is 0 Å². The highest BCUT2D eigenvalue weighted by Gasteiger charge is 2.47. The molecular formula is C33H29FS2. The molecule has 1 aliphatic heterocycles. The van der Waals surface area contributed by atoms with Crippen LogP contribution in [0.1, 0.15) is 58.7 Å². The van der Waals surface area contributed by atoms with E-state index in [1.165, 1.54) is 31.0 Å². The van der Waals surface area contributed by atoms with Crippen molar-refractivity contribution in [2.75, 3.05) is 0 Å². The van der Waals surface area contributed by atoms with Crippen LogP contribution in [-0.4, -0.2) is 4.75 Å². The third-order valence-electron chi connectivity index (χ3n) is 8.28. The van der Waals surface area contributed by atoms with Gasteiger partial charge in [-0.2, -0.15) is 0 Å².